The van der Waals surface area contributed by atoms with Crippen LogP contribution in [0.4, 0.5) is 0 Å². The topological polar surface area (TPSA) is 106 Å². The second kappa shape index (κ2) is 9.12. The maximum atomic E-state index is 12.2. The zero-order chi connectivity index (χ0) is 20.8. The van der Waals surface area contributed by atoms with Gasteiger partial charge in [0.1, 0.15) is 0 Å². The summed E-state index contributed by atoms with van der Waals surface area (Å²) in [4.78, 5) is 20.4. The number of carbonyl (C=O) groups excluding carboxylic acids is 1. The third-order valence-corrected chi connectivity index (χ3v) is 4.27. The van der Waals surface area contributed by atoms with Gasteiger partial charge in [0.05, 0.1) is 0 Å². The van der Waals surface area contributed by atoms with E-state index in [0.29, 0.717) is 36.2 Å². The first-order valence-corrected chi connectivity index (χ1v) is 9.71. The normalized spacial score (nSPS) is 12.2. The van der Waals surface area contributed by atoms with Crippen LogP contribution in [0.3, 0.4) is 0 Å². The molecule has 0 aromatic carbocycles. The van der Waals surface area contributed by atoms with Crippen molar-refractivity contribution >= 4 is 5.91 Å². The summed E-state index contributed by atoms with van der Waals surface area (Å²) in [6.45, 7) is 12.6. The van der Waals surface area contributed by atoms with Crippen LogP contribution < -0.4 is 5.32 Å². The monoisotopic (exact) mass is 385 g/mol. The van der Waals surface area contributed by atoms with Gasteiger partial charge in [0, 0.05) is 30.8 Å². The van der Waals surface area contributed by atoms with E-state index in [0.717, 1.165) is 12.8 Å². The molecule has 2 aromatic heterocycles. The van der Waals surface area contributed by atoms with Crippen molar-refractivity contribution in [3.8, 4) is 11.6 Å². The van der Waals surface area contributed by atoms with Crippen molar-refractivity contribution in [2.45, 2.75) is 72.8 Å². The Labute approximate surface area is 167 Å². The fraction of sp³-hybridized carbons (Fsp3) is 0.650. The van der Waals surface area contributed by atoms with E-state index in [1.165, 1.54) is 0 Å². The lowest BCUT2D eigenvalue weighted by Gasteiger charge is -2.35. The summed E-state index contributed by atoms with van der Waals surface area (Å²) < 4.78 is 0. The molecule has 8 heteroatoms. The van der Waals surface area contributed by atoms with E-state index in [9.17, 15) is 4.79 Å². The van der Waals surface area contributed by atoms with Crippen molar-refractivity contribution in [3.05, 3.63) is 24.3 Å². The Bertz CT molecular complexity index is 758. The van der Waals surface area contributed by atoms with Crippen LogP contribution in [-0.2, 0) is 11.2 Å². The Hall–Kier alpha value is -2.51. The van der Waals surface area contributed by atoms with Crippen molar-refractivity contribution in [1.29, 1.82) is 0 Å². The van der Waals surface area contributed by atoms with Crippen LogP contribution in [0.1, 0.15) is 66.6 Å². The molecule has 0 bridgehead atoms. The van der Waals surface area contributed by atoms with E-state index < -0.39 is 0 Å². The molecule has 0 radical (unpaired) electrons. The SMILES string of the molecule is CC(C)CCC(=O)NC(C)(C)CC(C)(C)Cc1nnc(-c2ncccn2)nn1. The maximum absolute atomic E-state index is 12.2. The number of aromatic nitrogens is 6. The second-order valence-corrected chi connectivity index (χ2v) is 9.09. The number of amides is 1. The van der Waals surface area contributed by atoms with Crippen LogP contribution in [0.25, 0.3) is 11.6 Å². The van der Waals surface area contributed by atoms with Crippen LogP contribution in [0, 0.1) is 11.3 Å². The van der Waals surface area contributed by atoms with Crippen LogP contribution in [-0.4, -0.2) is 41.8 Å². The molecule has 0 saturated carbocycles. The summed E-state index contributed by atoms with van der Waals surface area (Å²) in [7, 11) is 0. The molecule has 2 rings (SSSR count). The van der Waals surface area contributed by atoms with Crippen molar-refractivity contribution in [3.63, 3.8) is 0 Å². The molecule has 2 heterocycles. The molecule has 28 heavy (non-hydrogen) atoms. The minimum absolute atomic E-state index is 0.0984. The Balaban J connectivity index is 1.95. The Kier molecular flexibility index (Phi) is 7.10. The highest BCUT2D eigenvalue weighted by molar-refractivity contribution is 5.76. The highest BCUT2D eigenvalue weighted by Gasteiger charge is 2.31. The predicted octanol–water partition coefficient (Wildman–Crippen LogP) is 3.01. The summed E-state index contributed by atoms with van der Waals surface area (Å²) >= 11 is 0. The highest BCUT2D eigenvalue weighted by Crippen LogP contribution is 2.30. The van der Waals surface area contributed by atoms with Gasteiger partial charge in [-0.2, -0.15) is 0 Å². The lowest BCUT2D eigenvalue weighted by molar-refractivity contribution is -0.123. The molecule has 0 fully saturated rings. The Morgan fingerprint density at radius 3 is 2.18 bits per heavy atom. The minimum Gasteiger partial charge on any atom is -0.351 e. The van der Waals surface area contributed by atoms with E-state index in [-0.39, 0.29) is 16.9 Å². The van der Waals surface area contributed by atoms with E-state index in [1.807, 2.05) is 0 Å². The average Bonchev–Trinajstić information content (AvgIpc) is 2.59. The van der Waals surface area contributed by atoms with Gasteiger partial charge in [0.25, 0.3) is 0 Å². The Morgan fingerprint density at radius 2 is 1.61 bits per heavy atom. The van der Waals surface area contributed by atoms with E-state index in [2.05, 4.69) is 77.2 Å². The molecular weight excluding hydrogens is 354 g/mol. The molecule has 0 aliphatic carbocycles. The lowest BCUT2D eigenvalue weighted by Crippen LogP contribution is -2.46. The lowest BCUT2D eigenvalue weighted by atomic mass is 9.77. The molecule has 0 spiro atoms. The quantitative estimate of drug-likeness (QED) is 0.707. The molecule has 0 unspecified atom stereocenters. The van der Waals surface area contributed by atoms with Crippen molar-refractivity contribution < 1.29 is 4.79 Å². The number of carbonyl (C=O) groups is 1. The van der Waals surface area contributed by atoms with E-state index >= 15 is 0 Å². The number of hydrogen-bond acceptors (Lipinski definition) is 7. The second-order valence-electron chi connectivity index (χ2n) is 9.09. The fourth-order valence-electron chi connectivity index (χ4n) is 3.42. The van der Waals surface area contributed by atoms with Gasteiger partial charge in [-0.1, -0.05) is 27.7 Å². The first-order chi connectivity index (χ1) is 13.1. The zero-order valence-corrected chi connectivity index (χ0v) is 17.7. The van der Waals surface area contributed by atoms with Crippen molar-refractivity contribution in [1.82, 2.24) is 35.7 Å². The van der Waals surface area contributed by atoms with Crippen molar-refractivity contribution in [2.75, 3.05) is 0 Å². The predicted molar refractivity (Wildman–Crippen MR) is 107 cm³/mol. The third-order valence-electron chi connectivity index (χ3n) is 4.27. The van der Waals surface area contributed by atoms with E-state index in [1.54, 1.807) is 18.5 Å². The average molecular weight is 386 g/mol. The fourth-order valence-corrected chi connectivity index (χ4v) is 3.42. The van der Waals surface area contributed by atoms with Gasteiger partial charge in [-0.25, -0.2) is 9.97 Å². The van der Waals surface area contributed by atoms with Gasteiger partial charge < -0.3 is 5.32 Å². The van der Waals surface area contributed by atoms with Gasteiger partial charge in [0.15, 0.2) is 5.82 Å². The molecule has 0 saturated heterocycles. The molecule has 0 aliphatic heterocycles. The molecule has 8 nitrogen and oxygen atoms in total. The first-order valence-electron chi connectivity index (χ1n) is 9.71. The Morgan fingerprint density at radius 1 is 1.00 bits per heavy atom. The summed E-state index contributed by atoms with van der Waals surface area (Å²) in [5.74, 6) is 1.89. The molecule has 0 atom stereocenters. The summed E-state index contributed by atoms with van der Waals surface area (Å²) in [5.41, 5.74) is -0.459. The third kappa shape index (κ3) is 7.25. The van der Waals surface area contributed by atoms with Gasteiger partial charge in [-0.05, 0) is 44.1 Å². The van der Waals surface area contributed by atoms with Crippen LogP contribution in [0.2, 0.25) is 0 Å². The summed E-state index contributed by atoms with van der Waals surface area (Å²) in [6, 6.07) is 1.73. The molecule has 0 aliphatic rings. The number of hydrogen-bond donors (Lipinski definition) is 1. The summed E-state index contributed by atoms with van der Waals surface area (Å²) in [5, 5.41) is 19.7. The maximum Gasteiger partial charge on any atom is 0.240 e. The highest BCUT2D eigenvalue weighted by atomic mass is 16.1. The van der Waals surface area contributed by atoms with Crippen molar-refractivity contribution in [2.24, 2.45) is 11.3 Å². The smallest absolute Gasteiger partial charge is 0.240 e. The van der Waals surface area contributed by atoms with Crippen LogP contribution in [0.15, 0.2) is 18.5 Å². The number of rotatable bonds is 9. The standard InChI is InChI=1S/C20H31N7O/c1-14(2)8-9-16(28)23-20(5,6)13-19(3,4)12-15-24-26-18(27-25-15)17-21-10-7-11-22-17/h7,10-11,14H,8-9,12-13H2,1-6H3,(H,23,28). The van der Waals surface area contributed by atoms with Gasteiger partial charge in [-0.3, -0.25) is 4.79 Å². The van der Waals surface area contributed by atoms with Gasteiger partial charge in [0.2, 0.25) is 17.6 Å². The first kappa shape index (κ1) is 21.8. The molecular formula is C20H31N7O. The molecule has 152 valence electrons. The van der Waals surface area contributed by atoms with Gasteiger partial charge in [-0.15, -0.1) is 20.4 Å². The van der Waals surface area contributed by atoms with Crippen LogP contribution in [0.5, 0.6) is 0 Å². The number of nitrogens with zero attached hydrogens (tertiary/aromatic N) is 6. The van der Waals surface area contributed by atoms with Crippen LogP contribution >= 0.6 is 0 Å². The number of nitrogens with one attached hydrogen (secondary N) is 1. The molecule has 1 amide bonds. The van der Waals surface area contributed by atoms with Gasteiger partial charge >= 0.3 is 0 Å². The zero-order valence-electron chi connectivity index (χ0n) is 17.7. The molecule has 2 aromatic rings. The molecule has 1 N–H and O–H groups in total. The largest absolute Gasteiger partial charge is 0.351 e. The van der Waals surface area contributed by atoms with E-state index in [4.69, 9.17) is 0 Å². The summed E-state index contributed by atoms with van der Waals surface area (Å²) in [6.07, 6.45) is 6.09. The minimum atomic E-state index is -0.323.